The minimum atomic E-state index is -0.937. The van der Waals surface area contributed by atoms with Crippen LogP contribution in [-0.4, -0.2) is 16.1 Å². The average molecular weight is 239 g/mol. The van der Waals surface area contributed by atoms with Gasteiger partial charge in [0.15, 0.2) is 0 Å². The van der Waals surface area contributed by atoms with E-state index < -0.39 is 5.97 Å². The number of hydrogen-bond acceptors (Lipinski definition) is 2. The van der Waals surface area contributed by atoms with Crippen LogP contribution < -0.4 is 0 Å². The summed E-state index contributed by atoms with van der Waals surface area (Å²) in [5.41, 5.74) is 2.73. The van der Waals surface area contributed by atoms with E-state index in [0.29, 0.717) is 0 Å². The van der Waals surface area contributed by atoms with E-state index >= 15 is 0 Å². The maximum Gasteiger partial charge on any atom is 0.336 e. The van der Waals surface area contributed by atoms with Crippen molar-refractivity contribution in [2.24, 2.45) is 0 Å². The summed E-state index contributed by atoms with van der Waals surface area (Å²) in [6.07, 6.45) is 4.93. The lowest BCUT2D eigenvalue weighted by molar-refractivity contribution is -0.130. The highest BCUT2D eigenvalue weighted by atomic mass is 16.4. The maximum absolute atomic E-state index is 11.4. The van der Waals surface area contributed by atoms with Gasteiger partial charge in [0.1, 0.15) is 0 Å². The van der Waals surface area contributed by atoms with E-state index in [-0.39, 0.29) is 5.57 Å². The summed E-state index contributed by atoms with van der Waals surface area (Å²) in [7, 11) is 0. The van der Waals surface area contributed by atoms with E-state index in [1.54, 1.807) is 24.5 Å². The van der Waals surface area contributed by atoms with Gasteiger partial charge in [-0.15, -0.1) is 0 Å². The van der Waals surface area contributed by atoms with Crippen molar-refractivity contribution in [3.8, 4) is 0 Å². The molecule has 1 aromatic heterocycles. The Morgan fingerprint density at radius 3 is 2.61 bits per heavy atom. The fourth-order valence-electron chi connectivity index (χ4n) is 1.76. The number of pyridine rings is 1. The SMILES string of the molecule is Cc1ccccc1/C(=C\c1cccnc1)C(=O)O. The van der Waals surface area contributed by atoms with E-state index in [2.05, 4.69) is 4.98 Å². The number of carboxylic acids is 1. The Balaban J connectivity index is 2.51. The van der Waals surface area contributed by atoms with E-state index in [1.165, 1.54) is 0 Å². The summed E-state index contributed by atoms with van der Waals surface area (Å²) in [4.78, 5) is 15.3. The third-order valence-corrected chi connectivity index (χ3v) is 2.66. The van der Waals surface area contributed by atoms with Gasteiger partial charge in [-0.3, -0.25) is 4.98 Å². The van der Waals surface area contributed by atoms with Crippen LogP contribution in [0.2, 0.25) is 0 Å². The number of rotatable bonds is 3. The molecule has 3 heteroatoms. The van der Waals surface area contributed by atoms with Crippen LogP contribution in [0.4, 0.5) is 0 Å². The van der Waals surface area contributed by atoms with Crippen molar-refractivity contribution in [2.45, 2.75) is 6.92 Å². The molecule has 3 nitrogen and oxygen atoms in total. The normalized spacial score (nSPS) is 11.3. The maximum atomic E-state index is 11.4. The summed E-state index contributed by atoms with van der Waals surface area (Å²) in [5.74, 6) is -0.937. The molecule has 1 N–H and O–H groups in total. The molecule has 0 spiro atoms. The summed E-state index contributed by atoms with van der Waals surface area (Å²) < 4.78 is 0. The molecular weight excluding hydrogens is 226 g/mol. The molecule has 0 unspecified atom stereocenters. The van der Waals surface area contributed by atoms with Crippen molar-refractivity contribution >= 4 is 17.6 Å². The average Bonchev–Trinajstić information content (AvgIpc) is 2.38. The van der Waals surface area contributed by atoms with Gasteiger partial charge in [-0.2, -0.15) is 0 Å². The second-order valence-electron chi connectivity index (χ2n) is 3.96. The first-order valence-electron chi connectivity index (χ1n) is 5.59. The molecule has 2 rings (SSSR count). The van der Waals surface area contributed by atoms with Gasteiger partial charge < -0.3 is 5.11 Å². The Morgan fingerprint density at radius 1 is 1.22 bits per heavy atom. The predicted octanol–water partition coefficient (Wildman–Crippen LogP) is 3.02. The van der Waals surface area contributed by atoms with Gasteiger partial charge in [-0.1, -0.05) is 30.3 Å². The zero-order chi connectivity index (χ0) is 13.0. The van der Waals surface area contributed by atoms with Crippen molar-refractivity contribution in [1.82, 2.24) is 4.98 Å². The van der Waals surface area contributed by atoms with Crippen LogP contribution in [0.5, 0.6) is 0 Å². The van der Waals surface area contributed by atoms with E-state index in [1.807, 2.05) is 37.3 Å². The number of aryl methyl sites for hydroxylation is 1. The van der Waals surface area contributed by atoms with Crippen LogP contribution >= 0.6 is 0 Å². The highest BCUT2D eigenvalue weighted by molar-refractivity contribution is 6.21. The first-order valence-corrected chi connectivity index (χ1v) is 5.59. The fraction of sp³-hybridized carbons (Fsp3) is 0.0667. The third-order valence-electron chi connectivity index (χ3n) is 2.66. The lowest BCUT2D eigenvalue weighted by atomic mass is 9.99. The van der Waals surface area contributed by atoms with Gasteiger partial charge in [0.25, 0.3) is 0 Å². The summed E-state index contributed by atoms with van der Waals surface area (Å²) in [6.45, 7) is 1.90. The molecule has 0 amide bonds. The van der Waals surface area contributed by atoms with Gasteiger partial charge in [-0.05, 0) is 35.8 Å². The second kappa shape index (κ2) is 5.27. The van der Waals surface area contributed by atoms with E-state index in [4.69, 9.17) is 0 Å². The predicted molar refractivity (Wildman–Crippen MR) is 70.9 cm³/mol. The molecule has 0 aliphatic rings. The van der Waals surface area contributed by atoms with Crippen molar-refractivity contribution in [2.75, 3.05) is 0 Å². The van der Waals surface area contributed by atoms with Crippen LogP contribution in [0, 0.1) is 6.92 Å². The summed E-state index contributed by atoms with van der Waals surface area (Å²) in [5, 5.41) is 9.32. The fourth-order valence-corrected chi connectivity index (χ4v) is 1.76. The molecule has 18 heavy (non-hydrogen) atoms. The van der Waals surface area contributed by atoms with E-state index in [9.17, 15) is 9.90 Å². The molecule has 0 atom stereocenters. The highest BCUT2D eigenvalue weighted by Crippen LogP contribution is 2.21. The minimum absolute atomic E-state index is 0.279. The van der Waals surface area contributed by atoms with Crippen LogP contribution in [0.15, 0.2) is 48.8 Å². The lowest BCUT2D eigenvalue weighted by Crippen LogP contribution is -2.01. The molecule has 0 fully saturated rings. The lowest BCUT2D eigenvalue weighted by Gasteiger charge is -2.06. The molecule has 0 bridgehead atoms. The van der Waals surface area contributed by atoms with Crippen molar-refractivity contribution < 1.29 is 9.90 Å². The van der Waals surface area contributed by atoms with Crippen molar-refractivity contribution in [3.63, 3.8) is 0 Å². The van der Waals surface area contributed by atoms with Gasteiger partial charge in [0, 0.05) is 12.4 Å². The first kappa shape index (κ1) is 12.0. The largest absolute Gasteiger partial charge is 0.478 e. The number of aliphatic carboxylic acids is 1. The Bertz CT molecular complexity index is 588. The van der Waals surface area contributed by atoms with Crippen LogP contribution in [0.3, 0.4) is 0 Å². The zero-order valence-electron chi connectivity index (χ0n) is 10.00. The molecule has 0 radical (unpaired) electrons. The quantitative estimate of drug-likeness (QED) is 0.837. The molecule has 0 saturated carbocycles. The molecule has 1 aromatic carbocycles. The topological polar surface area (TPSA) is 50.2 Å². The molecule has 90 valence electrons. The summed E-state index contributed by atoms with van der Waals surface area (Å²) in [6, 6.07) is 11.0. The van der Waals surface area contributed by atoms with Crippen LogP contribution in [-0.2, 0) is 4.79 Å². The Kier molecular flexibility index (Phi) is 3.53. The highest BCUT2D eigenvalue weighted by Gasteiger charge is 2.12. The van der Waals surface area contributed by atoms with Gasteiger partial charge >= 0.3 is 5.97 Å². The van der Waals surface area contributed by atoms with Gasteiger partial charge in [0.2, 0.25) is 0 Å². The number of aromatic nitrogens is 1. The smallest absolute Gasteiger partial charge is 0.336 e. The van der Waals surface area contributed by atoms with Gasteiger partial charge in [0.05, 0.1) is 5.57 Å². The number of benzene rings is 1. The van der Waals surface area contributed by atoms with Crippen molar-refractivity contribution in [3.05, 3.63) is 65.5 Å². The first-order chi connectivity index (χ1) is 8.68. The van der Waals surface area contributed by atoms with Crippen LogP contribution in [0.1, 0.15) is 16.7 Å². The van der Waals surface area contributed by atoms with Gasteiger partial charge in [-0.25, -0.2) is 4.79 Å². The standard InChI is InChI=1S/C15H13NO2/c1-11-5-2-3-7-13(11)14(15(17)18)9-12-6-4-8-16-10-12/h2-10H,1H3,(H,17,18)/b14-9+. The monoisotopic (exact) mass is 239 g/mol. The molecule has 1 heterocycles. The molecule has 0 aliphatic heterocycles. The number of nitrogens with zero attached hydrogens (tertiary/aromatic N) is 1. The van der Waals surface area contributed by atoms with Crippen molar-refractivity contribution in [1.29, 1.82) is 0 Å². The van der Waals surface area contributed by atoms with Crippen LogP contribution in [0.25, 0.3) is 11.6 Å². The number of carboxylic acid groups (broad SMARTS) is 1. The Hall–Kier alpha value is -2.42. The summed E-state index contributed by atoms with van der Waals surface area (Å²) >= 11 is 0. The minimum Gasteiger partial charge on any atom is -0.478 e. The molecule has 2 aromatic rings. The third kappa shape index (κ3) is 2.63. The van der Waals surface area contributed by atoms with E-state index in [0.717, 1.165) is 16.7 Å². The molecule has 0 saturated heterocycles. The Morgan fingerprint density at radius 2 is 2.00 bits per heavy atom. The molecular formula is C15H13NO2. The number of hydrogen-bond donors (Lipinski definition) is 1. The second-order valence-corrected chi connectivity index (χ2v) is 3.96. The zero-order valence-corrected chi connectivity index (χ0v) is 10.00. The molecule has 0 aliphatic carbocycles. The number of carbonyl (C=O) groups is 1. The Labute approximate surface area is 105 Å².